The summed E-state index contributed by atoms with van der Waals surface area (Å²) >= 11 is 3.65. The highest BCUT2D eigenvalue weighted by Gasteiger charge is 2.13. The molecular weight excluding hydrogens is 431 g/mol. The molecule has 0 saturated heterocycles. The van der Waals surface area contributed by atoms with Crippen molar-refractivity contribution >= 4 is 23.3 Å². The molecule has 31 heavy (non-hydrogen) atoms. The minimum atomic E-state index is -2.15. The second-order valence-corrected chi connectivity index (χ2v) is 8.32. The molecule has 0 bridgehead atoms. The van der Waals surface area contributed by atoms with E-state index in [4.69, 9.17) is 12.2 Å². The number of rotatable bonds is 6. The van der Waals surface area contributed by atoms with Gasteiger partial charge in [-0.3, -0.25) is 4.21 Å². The molecule has 0 fully saturated rings. The summed E-state index contributed by atoms with van der Waals surface area (Å²) in [5.74, 6) is -0.362. The second kappa shape index (κ2) is 9.43. The van der Waals surface area contributed by atoms with Crippen LogP contribution in [0.3, 0.4) is 0 Å². The molecule has 1 unspecified atom stereocenters. The van der Waals surface area contributed by atoms with Crippen molar-refractivity contribution in [2.24, 2.45) is 0 Å². The Labute approximate surface area is 187 Å². The zero-order chi connectivity index (χ0) is 21.8. The summed E-state index contributed by atoms with van der Waals surface area (Å²) in [6.45, 7) is 0.516. The topological polar surface area (TPSA) is 57.9 Å². The van der Waals surface area contributed by atoms with Gasteiger partial charge in [0.1, 0.15) is 10.5 Å². The highest BCUT2D eigenvalue weighted by Crippen LogP contribution is 2.33. The number of hydrogen-bond acceptors (Lipinski definition) is 4. The van der Waals surface area contributed by atoms with Gasteiger partial charge in [-0.2, -0.15) is 5.10 Å². The minimum Gasteiger partial charge on any atom is -0.772 e. The van der Waals surface area contributed by atoms with Gasteiger partial charge in [-0.25, -0.2) is 9.07 Å². The Kier molecular flexibility index (Phi) is 6.46. The largest absolute Gasteiger partial charge is 0.772 e. The van der Waals surface area contributed by atoms with Crippen molar-refractivity contribution in [2.45, 2.75) is 12.3 Å². The van der Waals surface area contributed by atoms with Gasteiger partial charge in [0.2, 0.25) is 0 Å². The van der Waals surface area contributed by atoms with Crippen LogP contribution in [-0.4, -0.2) is 18.5 Å². The molecule has 3 aromatic carbocycles. The molecule has 0 radical (unpaired) electrons. The van der Waals surface area contributed by atoms with E-state index in [9.17, 15) is 13.2 Å². The molecule has 4 aromatic rings. The van der Waals surface area contributed by atoms with Gasteiger partial charge in [-0.15, -0.1) is 0 Å². The number of nitrogens with zero attached hydrogens (tertiary/aromatic N) is 2. The quantitative estimate of drug-likeness (QED) is 0.288. The Bertz CT molecular complexity index is 1270. The van der Waals surface area contributed by atoms with E-state index >= 15 is 0 Å². The number of hydrogen-bond donors (Lipinski definition) is 0. The van der Waals surface area contributed by atoms with Crippen molar-refractivity contribution in [2.75, 3.05) is 0 Å². The fraction of sp³-hybridized carbons (Fsp3) is 0.0833. The average Bonchev–Trinajstić information content (AvgIpc) is 2.77. The normalized spacial score (nSPS) is 11.9. The lowest BCUT2D eigenvalue weighted by molar-refractivity contribution is 0.536. The van der Waals surface area contributed by atoms with Crippen LogP contribution in [0.15, 0.2) is 85.1 Å². The van der Waals surface area contributed by atoms with E-state index in [0.717, 1.165) is 27.8 Å². The molecule has 7 heteroatoms. The van der Waals surface area contributed by atoms with Crippen molar-refractivity contribution in [3.63, 3.8) is 0 Å². The molecule has 0 amide bonds. The highest BCUT2D eigenvalue weighted by molar-refractivity contribution is 7.78. The smallest absolute Gasteiger partial charge is 0.131 e. The van der Waals surface area contributed by atoms with Crippen LogP contribution in [0.25, 0.3) is 22.3 Å². The van der Waals surface area contributed by atoms with E-state index in [0.29, 0.717) is 16.7 Å². The Morgan fingerprint density at radius 2 is 1.55 bits per heavy atom. The molecule has 1 aromatic heterocycles. The van der Waals surface area contributed by atoms with Crippen molar-refractivity contribution in [3.05, 3.63) is 107 Å². The molecule has 1 atom stereocenters. The average molecular weight is 450 g/mol. The molecule has 0 spiro atoms. The summed E-state index contributed by atoms with van der Waals surface area (Å²) in [6, 6.07) is 23.3. The van der Waals surface area contributed by atoms with Gasteiger partial charge in [-0.05, 0) is 34.4 Å². The molecule has 0 aliphatic rings. The zero-order valence-corrected chi connectivity index (χ0v) is 18.0. The lowest BCUT2D eigenvalue weighted by Crippen LogP contribution is -2.08. The summed E-state index contributed by atoms with van der Waals surface area (Å²) in [6.07, 6.45) is 1.75. The summed E-state index contributed by atoms with van der Waals surface area (Å²) in [5, 5.41) is 4.56. The van der Waals surface area contributed by atoms with Crippen LogP contribution in [0.5, 0.6) is 0 Å². The second-order valence-electron chi connectivity index (χ2n) is 7.03. The first-order valence-electron chi connectivity index (χ1n) is 9.56. The third-order valence-corrected chi connectivity index (χ3v) is 5.89. The summed E-state index contributed by atoms with van der Waals surface area (Å²) < 4.78 is 37.8. The molecule has 1 heterocycles. The molecule has 156 valence electrons. The lowest BCUT2D eigenvalue weighted by atomic mass is 9.97. The summed E-state index contributed by atoms with van der Waals surface area (Å²) in [5.41, 5.74) is 4.98. The Morgan fingerprint density at radius 3 is 2.19 bits per heavy atom. The van der Waals surface area contributed by atoms with Crippen LogP contribution in [0.2, 0.25) is 0 Å². The number of benzene rings is 3. The van der Waals surface area contributed by atoms with Crippen LogP contribution >= 0.6 is 12.2 Å². The predicted octanol–water partition coefficient (Wildman–Crippen LogP) is 5.51. The van der Waals surface area contributed by atoms with Crippen LogP contribution in [0, 0.1) is 10.5 Å². The number of aromatic nitrogens is 2. The van der Waals surface area contributed by atoms with Crippen molar-refractivity contribution in [3.8, 4) is 22.3 Å². The van der Waals surface area contributed by atoms with Crippen molar-refractivity contribution in [1.82, 2.24) is 9.78 Å². The van der Waals surface area contributed by atoms with E-state index in [1.807, 2.05) is 42.5 Å². The van der Waals surface area contributed by atoms with E-state index in [-0.39, 0.29) is 11.6 Å². The molecule has 0 saturated carbocycles. The minimum absolute atomic E-state index is 0.0402. The number of halogens is 1. The first kappa shape index (κ1) is 21.2. The van der Waals surface area contributed by atoms with Gasteiger partial charge in [-0.1, -0.05) is 90.0 Å². The van der Waals surface area contributed by atoms with Crippen molar-refractivity contribution < 1.29 is 13.2 Å². The van der Waals surface area contributed by atoms with E-state index in [2.05, 4.69) is 5.10 Å². The van der Waals surface area contributed by atoms with Crippen LogP contribution < -0.4 is 0 Å². The molecule has 0 aliphatic carbocycles. The molecule has 4 nitrogen and oxygen atoms in total. The molecule has 4 rings (SSSR count). The highest BCUT2D eigenvalue weighted by atomic mass is 32.2. The Balaban J connectivity index is 1.82. The van der Waals surface area contributed by atoms with Crippen molar-refractivity contribution in [1.29, 1.82) is 0 Å². The van der Waals surface area contributed by atoms with Crippen LogP contribution in [0.1, 0.15) is 11.1 Å². The predicted molar refractivity (Wildman–Crippen MR) is 122 cm³/mol. The van der Waals surface area contributed by atoms with E-state index in [1.165, 1.54) is 12.1 Å². The van der Waals surface area contributed by atoms with Gasteiger partial charge < -0.3 is 4.55 Å². The first-order chi connectivity index (χ1) is 15.0. The maximum Gasteiger partial charge on any atom is 0.131 e. The van der Waals surface area contributed by atoms with Gasteiger partial charge in [0.25, 0.3) is 0 Å². The lowest BCUT2D eigenvalue weighted by Gasteiger charge is -2.15. The fourth-order valence-electron chi connectivity index (χ4n) is 3.39. The van der Waals surface area contributed by atoms with E-state index < -0.39 is 11.1 Å². The molecular formula is C24H18FN2O2S2-. The van der Waals surface area contributed by atoms with Crippen LogP contribution in [-0.2, 0) is 23.4 Å². The Morgan fingerprint density at radius 1 is 0.903 bits per heavy atom. The summed E-state index contributed by atoms with van der Waals surface area (Å²) in [4.78, 5) is 0. The third-order valence-electron chi connectivity index (χ3n) is 4.90. The molecule has 0 aliphatic heterocycles. The first-order valence-corrected chi connectivity index (χ1v) is 11.2. The standard InChI is InChI=1S/C24H19FN2O2S2/c25-21-12-10-20(11-13-21)23-22(19-8-6-18(7-9-19)16-31(28)29)14-26-27(24(23)30)15-17-4-2-1-3-5-17/h1-14H,15-16H2,(H,28,29)/p-1. The Hall–Kier alpha value is -3.00. The third kappa shape index (κ3) is 5.02. The molecule has 0 N–H and O–H groups in total. The monoisotopic (exact) mass is 449 g/mol. The van der Waals surface area contributed by atoms with E-state index in [1.54, 1.807) is 35.1 Å². The van der Waals surface area contributed by atoms with Crippen LogP contribution in [0.4, 0.5) is 4.39 Å². The maximum absolute atomic E-state index is 13.5. The fourth-order valence-corrected chi connectivity index (χ4v) is 4.19. The summed E-state index contributed by atoms with van der Waals surface area (Å²) in [7, 11) is 0. The maximum atomic E-state index is 13.5. The SMILES string of the molecule is O=S([O-])Cc1ccc(-c2cnn(Cc3ccccc3)c(=S)c2-c2ccc(F)cc2)cc1. The van der Waals surface area contributed by atoms with Gasteiger partial charge in [0.05, 0.1) is 12.7 Å². The van der Waals surface area contributed by atoms with Gasteiger partial charge in [0.15, 0.2) is 0 Å². The zero-order valence-electron chi connectivity index (χ0n) is 16.4. The van der Waals surface area contributed by atoms with Gasteiger partial charge >= 0.3 is 0 Å². The van der Waals surface area contributed by atoms with Gasteiger partial charge in [0, 0.05) is 16.9 Å².